The van der Waals surface area contributed by atoms with Gasteiger partial charge in [-0.1, -0.05) is 24.3 Å². The molecule has 3 aromatic rings. The fourth-order valence-corrected chi connectivity index (χ4v) is 4.66. The molecule has 0 spiro atoms. The summed E-state index contributed by atoms with van der Waals surface area (Å²) in [6.07, 6.45) is 3.10. The van der Waals surface area contributed by atoms with E-state index in [1.54, 1.807) is 46.8 Å². The van der Waals surface area contributed by atoms with Gasteiger partial charge in [-0.3, -0.25) is 14.4 Å². The van der Waals surface area contributed by atoms with Gasteiger partial charge in [-0.2, -0.15) is 0 Å². The molecule has 4 rings (SSSR count). The van der Waals surface area contributed by atoms with Crippen molar-refractivity contribution in [1.82, 2.24) is 9.88 Å². The highest BCUT2D eigenvalue weighted by atomic mass is 32.1. The molecule has 0 radical (unpaired) electrons. The van der Waals surface area contributed by atoms with Crippen molar-refractivity contribution in [1.29, 1.82) is 0 Å². The summed E-state index contributed by atoms with van der Waals surface area (Å²) in [5, 5.41) is 7.02. The molecule has 2 amide bonds. The minimum absolute atomic E-state index is 0.125. The second-order valence-corrected chi connectivity index (χ2v) is 8.61. The lowest BCUT2D eigenvalue weighted by molar-refractivity contribution is -0.121. The average molecular weight is 426 g/mol. The molecule has 1 unspecified atom stereocenters. The van der Waals surface area contributed by atoms with E-state index in [0.29, 0.717) is 34.2 Å². The minimum atomic E-state index is -0.295. The number of thiazole rings is 1. The lowest BCUT2D eigenvalue weighted by Gasteiger charge is -2.32. The van der Waals surface area contributed by atoms with Crippen LogP contribution in [0.25, 0.3) is 0 Å². The third kappa shape index (κ3) is 4.28. The summed E-state index contributed by atoms with van der Waals surface area (Å²) in [4.78, 5) is 45.0. The Kier molecular flexibility index (Phi) is 5.82. The monoisotopic (exact) mass is 425 g/mol. The van der Waals surface area contributed by atoms with Gasteiger partial charge in [0.25, 0.3) is 5.91 Å². The molecule has 1 saturated heterocycles. The van der Waals surface area contributed by atoms with Crippen molar-refractivity contribution in [2.45, 2.75) is 12.8 Å². The summed E-state index contributed by atoms with van der Waals surface area (Å²) in [6.45, 7) is 0.902. The van der Waals surface area contributed by atoms with Gasteiger partial charge in [-0.15, -0.1) is 22.7 Å². The number of hydrogen-bond donors (Lipinski definition) is 1. The van der Waals surface area contributed by atoms with Crippen LogP contribution in [-0.2, 0) is 4.79 Å². The highest BCUT2D eigenvalue weighted by Crippen LogP contribution is 2.24. The Morgan fingerprint density at radius 2 is 1.86 bits per heavy atom. The fraction of sp³-hybridized carbons (Fsp3) is 0.238. The zero-order chi connectivity index (χ0) is 20.2. The molecule has 1 N–H and O–H groups in total. The van der Waals surface area contributed by atoms with Crippen molar-refractivity contribution in [3.63, 3.8) is 0 Å². The number of benzene rings is 1. The van der Waals surface area contributed by atoms with Gasteiger partial charge in [0, 0.05) is 30.2 Å². The van der Waals surface area contributed by atoms with Gasteiger partial charge < -0.3 is 10.2 Å². The van der Waals surface area contributed by atoms with E-state index < -0.39 is 0 Å². The number of piperidine rings is 1. The molecule has 3 heterocycles. The quantitative estimate of drug-likeness (QED) is 0.628. The van der Waals surface area contributed by atoms with Crippen LogP contribution >= 0.6 is 22.7 Å². The van der Waals surface area contributed by atoms with E-state index in [1.807, 2.05) is 11.4 Å². The molecular weight excluding hydrogens is 406 g/mol. The van der Waals surface area contributed by atoms with E-state index in [1.165, 1.54) is 22.7 Å². The highest BCUT2D eigenvalue weighted by Gasteiger charge is 2.31. The van der Waals surface area contributed by atoms with Crippen molar-refractivity contribution >= 4 is 45.4 Å². The van der Waals surface area contributed by atoms with Crippen LogP contribution in [0.4, 0.5) is 5.13 Å². The average Bonchev–Trinajstić information content (AvgIpc) is 3.47. The van der Waals surface area contributed by atoms with Crippen LogP contribution in [0.15, 0.2) is 53.4 Å². The summed E-state index contributed by atoms with van der Waals surface area (Å²) >= 11 is 2.72. The van der Waals surface area contributed by atoms with E-state index in [0.717, 1.165) is 12.8 Å². The molecule has 1 aromatic carbocycles. The van der Waals surface area contributed by atoms with Gasteiger partial charge in [0.15, 0.2) is 5.13 Å². The molecule has 8 heteroatoms. The zero-order valence-corrected chi connectivity index (χ0v) is 17.2. The SMILES string of the molecule is O=C(c1cccs1)c1ccccc1C(=O)N1CCCC(C(=O)Nc2nccs2)C1. The maximum absolute atomic E-state index is 13.2. The lowest BCUT2D eigenvalue weighted by atomic mass is 9.95. The molecule has 6 nitrogen and oxygen atoms in total. The third-order valence-electron chi connectivity index (χ3n) is 4.89. The number of ketones is 1. The van der Waals surface area contributed by atoms with E-state index >= 15 is 0 Å². The van der Waals surface area contributed by atoms with Crippen molar-refractivity contribution in [3.05, 3.63) is 69.4 Å². The highest BCUT2D eigenvalue weighted by molar-refractivity contribution is 7.13. The third-order valence-corrected chi connectivity index (χ3v) is 6.45. The maximum Gasteiger partial charge on any atom is 0.254 e. The van der Waals surface area contributed by atoms with Gasteiger partial charge in [0.1, 0.15) is 0 Å². The van der Waals surface area contributed by atoms with Crippen molar-refractivity contribution in [2.75, 3.05) is 18.4 Å². The Bertz CT molecular complexity index is 1020. The van der Waals surface area contributed by atoms with Crippen LogP contribution in [0.5, 0.6) is 0 Å². The molecule has 148 valence electrons. The van der Waals surface area contributed by atoms with Gasteiger partial charge in [-0.05, 0) is 30.4 Å². The number of nitrogens with one attached hydrogen (secondary N) is 1. The number of likely N-dealkylation sites (tertiary alicyclic amines) is 1. The number of rotatable bonds is 5. The molecule has 0 bridgehead atoms. The molecule has 1 aliphatic heterocycles. The second kappa shape index (κ2) is 8.67. The first kappa shape index (κ1) is 19.5. The van der Waals surface area contributed by atoms with Crippen LogP contribution in [0.3, 0.4) is 0 Å². The van der Waals surface area contributed by atoms with Gasteiger partial charge >= 0.3 is 0 Å². The van der Waals surface area contributed by atoms with Crippen LogP contribution in [-0.4, -0.2) is 40.6 Å². The van der Waals surface area contributed by atoms with Gasteiger partial charge in [0.05, 0.1) is 16.4 Å². The van der Waals surface area contributed by atoms with Gasteiger partial charge in [0.2, 0.25) is 11.7 Å². The number of amides is 2. The van der Waals surface area contributed by atoms with Crippen LogP contribution in [0.2, 0.25) is 0 Å². The first-order chi connectivity index (χ1) is 14.1. The maximum atomic E-state index is 13.2. The Hall–Kier alpha value is -2.84. The van der Waals surface area contributed by atoms with Crippen molar-refractivity contribution < 1.29 is 14.4 Å². The van der Waals surface area contributed by atoms with Crippen LogP contribution in [0.1, 0.15) is 38.4 Å². The predicted octanol–water partition coefficient (Wildman–Crippen LogP) is 3.93. The number of hydrogen-bond acceptors (Lipinski definition) is 6. The summed E-state index contributed by atoms with van der Waals surface area (Å²) in [5.74, 6) is -0.784. The van der Waals surface area contributed by atoms with E-state index in [-0.39, 0.29) is 23.5 Å². The number of aromatic nitrogens is 1. The largest absolute Gasteiger partial charge is 0.338 e. The Morgan fingerprint density at radius 3 is 2.59 bits per heavy atom. The summed E-state index contributed by atoms with van der Waals surface area (Å²) < 4.78 is 0. The second-order valence-electron chi connectivity index (χ2n) is 6.77. The lowest BCUT2D eigenvalue weighted by Crippen LogP contribution is -2.44. The zero-order valence-electron chi connectivity index (χ0n) is 15.5. The number of carbonyl (C=O) groups excluding carboxylic acids is 3. The molecule has 1 aliphatic rings. The molecule has 0 aliphatic carbocycles. The first-order valence-corrected chi connectivity index (χ1v) is 11.1. The molecular formula is C21H19N3O3S2. The topological polar surface area (TPSA) is 79.4 Å². The predicted molar refractivity (Wildman–Crippen MR) is 114 cm³/mol. The van der Waals surface area contributed by atoms with E-state index in [4.69, 9.17) is 0 Å². The standard InChI is InChI=1S/C21H19N3O3S2/c25-18(17-8-4-11-28-17)15-6-1-2-7-16(15)20(27)24-10-3-5-14(13-24)19(26)23-21-22-9-12-29-21/h1-2,4,6-9,11-12,14H,3,5,10,13H2,(H,22,23,26). The number of anilines is 1. The molecule has 0 saturated carbocycles. The summed E-state index contributed by atoms with van der Waals surface area (Å²) in [7, 11) is 0. The van der Waals surface area contributed by atoms with Gasteiger partial charge in [-0.25, -0.2) is 4.98 Å². The number of thiophene rings is 1. The molecule has 29 heavy (non-hydrogen) atoms. The first-order valence-electron chi connectivity index (χ1n) is 9.30. The van der Waals surface area contributed by atoms with Crippen molar-refractivity contribution in [2.24, 2.45) is 5.92 Å². The van der Waals surface area contributed by atoms with Crippen molar-refractivity contribution in [3.8, 4) is 0 Å². The number of carbonyl (C=O) groups is 3. The van der Waals surface area contributed by atoms with E-state index in [2.05, 4.69) is 10.3 Å². The Morgan fingerprint density at radius 1 is 1.03 bits per heavy atom. The summed E-state index contributed by atoms with van der Waals surface area (Å²) in [5.41, 5.74) is 0.779. The summed E-state index contributed by atoms with van der Waals surface area (Å²) in [6, 6.07) is 10.5. The van der Waals surface area contributed by atoms with E-state index in [9.17, 15) is 14.4 Å². The molecule has 2 aromatic heterocycles. The number of nitrogens with zero attached hydrogens (tertiary/aromatic N) is 2. The Balaban J connectivity index is 1.51. The minimum Gasteiger partial charge on any atom is -0.338 e. The molecule has 1 fully saturated rings. The van der Waals surface area contributed by atoms with Crippen LogP contribution < -0.4 is 5.32 Å². The van der Waals surface area contributed by atoms with Crippen LogP contribution in [0, 0.1) is 5.92 Å². The fourth-order valence-electron chi connectivity index (χ4n) is 3.45. The Labute approximate surface area is 176 Å². The smallest absolute Gasteiger partial charge is 0.254 e. The molecule has 1 atom stereocenters. The normalized spacial score (nSPS) is 16.4.